The molecule has 0 spiro atoms. The fourth-order valence-corrected chi connectivity index (χ4v) is 4.37. The van der Waals surface area contributed by atoms with Crippen LogP contribution < -0.4 is 14.2 Å². The third-order valence-corrected chi connectivity index (χ3v) is 6.65. The van der Waals surface area contributed by atoms with Gasteiger partial charge >= 0.3 is 5.97 Å². The number of ether oxygens (including phenoxy) is 4. The monoisotopic (exact) mass is 482 g/mol. The Kier molecular flexibility index (Phi) is 10.4. The van der Waals surface area contributed by atoms with Crippen molar-refractivity contribution in [2.45, 2.75) is 38.5 Å². The number of carbonyl (C=O) groups excluding carboxylic acids is 1. The molecule has 0 bridgehead atoms. The Bertz CT molecular complexity index is 1030. The third-order valence-electron chi connectivity index (χ3n) is 6.65. The molecule has 0 heterocycles. The largest absolute Gasteiger partial charge is 0.496 e. The molecule has 0 amide bonds. The zero-order valence-corrected chi connectivity index (χ0v) is 22.0. The summed E-state index contributed by atoms with van der Waals surface area (Å²) in [7, 11) is 8.19. The van der Waals surface area contributed by atoms with Crippen molar-refractivity contribution >= 4 is 5.97 Å². The van der Waals surface area contributed by atoms with Crippen LogP contribution in [0.25, 0.3) is 0 Å². The van der Waals surface area contributed by atoms with E-state index >= 15 is 0 Å². The second-order valence-corrected chi connectivity index (χ2v) is 8.99. The van der Waals surface area contributed by atoms with E-state index in [1.807, 2.05) is 30.3 Å². The van der Waals surface area contributed by atoms with Gasteiger partial charge in [-0.15, -0.1) is 0 Å². The smallest absolute Gasteiger partial charge is 0.341 e. The van der Waals surface area contributed by atoms with Gasteiger partial charge in [0.15, 0.2) is 11.5 Å². The van der Waals surface area contributed by atoms with E-state index in [1.165, 1.54) is 14.2 Å². The summed E-state index contributed by atoms with van der Waals surface area (Å²) in [5.74, 6) is 1.51. The molecule has 0 fully saturated rings. The molecular formula is C28H38N2O5. The lowest BCUT2D eigenvalue weighted by molar-refractivity contribution is 0.0597. The minimum Gasteiger partial charge on any atom is -0.496 e. The number of nitrogens with zero attached hydrogens (tertiary/aromatic N) is 2. The van der Waals surface area contributed by atoms with Gasteiger partial charge in [-0.3, -0.25) is 0 Å². The van der Waals surface area contributed by atoms with Gasteiger partial charge in [-0.05, 0) is 74.2 Å². The maximum absolute atomic E-state index is 12.0. The first-order chi connectivity index (χ1) is 16.8. The van der Waals surface area contributed by atoms with E-state index in [2.05, 4.69) is 31.9 Å². The lowest BCUT2D eigenvalue weighted by Crippen LogP contribution is -2.32. The molecule has 0 aliphatic heterocycles. The van der Waals surface area contributed by atoms with Crippen LogP contribution in [0.4, 0.5) is 0 Å². The Balaban J connectivity index is 2.05. The van der Waals surface area contributed by atoms with Crippen LogP contribution in [-0.4, -0.2) is 59.4 Å². The molecule has 35 heavy (non-hydrogen) atoms. The van der Waals surface area contributed by atoms with Crippen LogP contribution in [0.15, 0.2) is 36.4 Å². The molecule has 0 saturated carbocycles. The summed E-state index contributed by atoms with van der Waals surface area (Å²) >= 11 is 0. The highest BCUT2D eigenvalue weighted by Gasteiger charge is 2.36. The first kappa shape index (κ1) is 28.0. The van der Waals surface area contributed by atoms with Gasteiger partial charge in [-0.25, -0.2) is 4.79 Å². The molecule has 2 aromatic carbocycles. The Morgan fingerprint density at radius 2 is 1.63 bits per heavy atom. The number of hydrogen-bond acceptors (Lipinski definition) is 7. The van der Waals surface area contributed by atoms with Crippen molar-refractivity contribution < 1.29 is 23.7 Å². The fraction of sp³-hybridized carbons (Fsp3) is 0.500. The molecule has 0 aliphatic carbocycles. The van der Waals surface area contributed by atoms with Crippen molar-refractivity contribution in [1.82, 2.24) is 4.90 Å². The summed E-state index contributed by atoms with van der Waals surface area (Å²) in [5.41, 5.74) is 1.80. The van der Waals surface area contributed by atoms with Gasteiger partial charge in [0.1, 0.15) is 11.3 Å². The molecule has 0 aliphatic rings. The van der Waals surface area contributed by atoms with Gasteiger partial charge in [0, 0.05) is 6.54 Å². The minimum absolute atomic E-state index is 0.131. The molecule has 0 unspecified atom stereocenters. The minimum atomic E-state index is -0.619. The van der Waals surface area contributed by atoms with Gasteiger partial charge in [0.05, 0.1) is 39.9 Å². The van der Waals surface area contributed by atoms with Gasteiger partial charge in [0.2, 0.25) is 0 Å². The Morgan fingerprint density at radius 1 is 0.971 bits per heavy atom. The highest BCUT2D eigenvalue weighted by atomic mass is 16.5. The highest BCUT2D eigenvalue weighted by Crippen LogP contribution is 2.40. The van der Waals surface area contributed by atoms with Gasteiger partial charge in [-0.2, -0.15) is 5.26 Å². The summed E-state index contributed by atoms with van der Waals surface area (Å²) in [6, 6.07) is 14.0. The molecule has 7 nitrogen and oxygen atoms in total. The number of rotatable bonds is 13. The maximum Gasteiger partial charge on any atom is 0.341 e. The van der Waals surface area contributed by atoms with Gasteiger partial charge in [-0.1, -0.05) is 26.0 Å². The molecule has 7 heteroatoms. The molecule has 0 N–H and O–H groups in total. The fourth-order valence-electron chi connectivity index (χ4n) is 4.37. The molecule has 190 valence electrons. The Morgan fingerprint density at radius 3 is 2.20 bits per heavy atom. The first-order valence-electron chi connectivity index (χ1n) is 11.8. The number of carbonyl (C=O) groups is 1. The molecule has 0 radical (unpaired) electrons. The SMILES string of the molecule is COC(=O)c1cc(CCN(C)CCC[C@](C#N)(c2ccc(OC)c(OC)c2)C(C)C)ccc1OC. The number of esters is 1. The van der Waals surface area contributed by atoms with Crippen LogP contribution in [0.5, 0.6) is 17.2 Å². The second kappa shape index (κ2) is 13.0. The average molecular weight is 483 g/mol. The first-order valence-corrected chi connectivity index (χ1v) is 11.8. The average Bonchev–Trinajstić information content (AvgIpc) is 2.88. The number of benzene rings is 2. The Hall–Kier alpha value is -3.24. The highest BCUT2D eigenvalue weighted by molar-refractivity contribution is 5.92. The van der Waals surface area contributed by atoms with E-state index in [9.17, 15) is 10.1 Å². The van der Waals surface area contributed by atoms with Crippen molar-refractivity contribution in [3.05, 3.63) is 53.1 Å². The zero-order chi connectivity index (χ0) is 26.0. The predicted molar refractivity (Wildman–Crippen MR) is 136 cm³/mol. The van der Waals surface area contributed by atoms with Crippen molar-refractivity contribution in [3.63, 3.8) is 0 Å². The lowest BCUT2D eigenvalue weighted by atomic mass is 9.69. The number of nitriles is 1. The van der Waals surface area contributed by atoms with E-state index in [1.54, 1.807) is 20.3 Å². The Labute approximate surface area is 209 Å². The summed E-state index contributed by atoms with van der Waals surface area (Å²) in [6.45, 7) is 5.85. The molecular weight excluding hydrogens is 444 g/mol. The maximum atomic E-state index is 12.0. The van der Waals surface area contributed by atoms with Crippen LogP contribution in [0.1, 0.15) is 48.2 Å². The normalized spacial score (nSPS) is 12.7. The van der Waals surface area contributed by atoms with E-state index < -0.39 is 11.4 Å². The van der Waals surface area contributed by atoms with Crippen molar-refractivity contribution in [2.75, 3.05) is 48.6 Å². The summed E-state index contributed by atoms with van der Waals surface area (Å²) in [6.07, 6.45) is 2.39. The van der Waals surface area contributed by atoms with E-state index in [4.69, 9.17) is 18.9 Å². The summed E-state index contributed by atoms with van der Waals surface area (Å²) in [5, 5.41) is 10.3. The predicted octanol–water partition coefficient (Wildman–Crippen LogP) is 4.87. The zero-order valence-electron chi connectivity index (χ0n) is 22.0. The van der Waals surface area contributed by atoms with E-state index in [0.717, 1.165) is 43.5 Å². The van der Waals surface area contributed by atoms with Crippen LogP contribution in [0.3, 0.4) is 0 Å². The quantitative estimate of drug-likeness (QED) is 0.377. The van der Waals surface area contributed by atoms with Gasteiger partial charge in [0.25, 0.3) is 0 Å². The number of methoxy groups -OCH3 is 4. The third kappa shape index (κ3) is 6.67. The van der Waals surface area contributed by atoms with Crippen LogP contribution in [0.2, 0.25) is 0 Å². The summed E-state index contributed by atoms with van der Waals surface area (Å²) < 4.78 is 21.0. The summed E-state index contributed by atoms with van der Waals surface area (Å²) in [4.78, 5) is 14.3. The van der Waals surface area contributed by atoms with Crippen molar-refractivity contribution in [2.24, 2.45) is 5.92 Å². The molecule has 0 saturated heterocycles. The number of hydrogen-bond donors (Lipinski definition) is 0. The van der Waals surface area contributed by atoms with Crippen LogP contribution >= 0.6 is 0 Å². The molecule has 1 atom stereocenters. The van der Waals surface area contributed by atoms with E-state index in [0.29, 0.717) is 22.8 Å². The van der Waals surface area contributed by atoms with Crippen molar-refractivity contribution in [3.8, 4) is 23.3 Å². The van der Waals surface area contributed by atoms with Crippen LogP contribution in [-0.2, 0) is 16.6 Å². The number of likely N-dealkylation sites (N-methyl/N-ethyl adjacent to an activating group) is 1. The molecule has 2 aromatic rings. The van der Waals surface area contributed by atoms with Crippen molar-refractivity contribution in [1.29, 1.82) is 5.26 Å². The van der Waals surface area contributed by atoms with Crippen LogP contribution in [0, 0.1) is 17.2 Å². The topological polar surface area (TPSA) is 81.0 Å². The standard InChI is InChI=1S/C28H38N2O5/c1-20(2)28(19-29,22-10-12-25(33-5)26(18-22)34-6)14-8-15-30(3)16-13-21-9-11-24(32-4)23(17-21)27(31)35-7/h9-12,17-18,20H,8,13-16H2,1-7H3/t28-/m1/s1. The molecule has 0 aromatic heterocycles. The molecule has 2 rings (SSSR count). The second-order valence-electron chi connectivity index (χ2n) is 8.99. The van der Waals surface area contributed by atoms with Gasteiger partial charge < -0.3 is 23.8 Å². The lowest BCUT2D eigenvalue weighted by Gasteiger charge is -2.32. The van der Waals surface area contributed by atoms with E-state index in [-0.39, 0.29) is 5.92 Å².